The first-order chi connectivity index (χ1) is 7.37. The standard InChI is InChI=1S/C9H15F3N4/c1-7(3-9(10,11)12)15-8(2)4-16-5-13-14-6-16/h5-8,15H,3-4H2,1-2H3. The summed E-state index contributed by atoms with van der Waals surface area (Å²) in [5.41, 5.74) is 0. The molecular weight excluding hydrogens is 221 g/mol. The SMILES string of the molecule is CC(Cn1cnnc1)NC(C)CC(F)(F)F. The van der Waals surface area contributed by atoms with E-state index in [1.165, 1.54) is 19.6 Å². The third-order valence-electron chi connectivity index (χ3n) is 2.06. The van der Waals surface area contributed by atoms with Gasteiger partial charge in [-0.2, -0.15) is 13.2 Å². The predicted octanol–water partition coefficient (Wildman–Crippen LogP) is 1.60. The number of halogens is 3. The van der Waals surface area contributed by atoms with Crippen molar-refractivity contribution in [2.45, 2.75) is 45.1 Å². The summed E-state index contributed by atoms with van der Waals surface area (Å²) in [6, 6.07) is -0.653. The van der Waals surface area contributed by atoms with Gasteiger partial charge in [0.2, 0.25) is 0 Å². The van der Waals surface area contributed by atoms with E-state index in [9.17, 15) is 13.2 Å². The number of alkyl halides is 3. The van der Waals surface area contributed by atoms with Crippen LogP contribution in [0.3, 0.4) is 0 Å². The molecule has 92 valence electrons. The molecule has 1 aromatic rings. The van der Waals surface area contributed by atoms with E-state index < -0.39 is 18.6 Å². The van der Waals surface area contributed by atoms with Gasteiger partial charge in [0.05, 0.1) is 6.42 Å². The third kappa shape index (κ3) is 5.11. The summed E-state index contributed by atoms with van der Waals surface area (Å²) >= 11 is 0. The number of rotatable bonds is 5. The fourth-order valence-corrected chi connectivity index (χ4v) is 1.58. The van der Waals surface area contributed by atoms with E-state index in [-0.39, 0.29) is 6.04 Å². The summed E-state index contributed by atoms with van der Waals surface area (Å²) in [6.07, 6.45) is -1.87. The van der Waals surface area contributed by atoms with E-state index in [0.29, 0.717) is 6.54 Å². The lowest BCUT2D eigenvalue weighted by molar-refractivity contribution is -0.139. The largest absolute Gasteiger partial charge is 0.390 e. The zero-order chi connectivity index (χ0) is 12.2. The molecule has 2 atom stereocenters. The van der Waals surface area contributed by atoms with Crippen LogP contribution in [0.2, 0.25) is 0 Å². The molecule has 1 aromatic heterocycles. The van der Waals surface area contributed by atoms with Crippen LogP contribution in [-0.4, -0.2) is 33.0 Å². The number of nitrogens with zero attached hydrogens (tertiary/aromatic N) is 3. The van der Waals surface area contributed by atoms with Crippen molar-refractivity contribution in [3.05, 3.63) is 12.7 Å². The number of aromatic nitrogens is 3. The van der Waals surface area contributed by atoms with Gasteiger partial charge in [-0.1, -0.05) is 0 Å². The van der Waals surface area contributed by atoms with E-state index >= 15 is 0 Å². The average Bonchev–Trinajstić information content (AvgIpc) is 2.51. The molecule has 7 heteroatoms. The lowest BCUT2D eigenvalue weighted by atomic mass is 10.2. The van der Waals surface area contributed by atoms with Gasteiger partial charge >= 0.3 is 6.18 Å². The van der Waals surface area contributed by atoms with Crippen molar-refractivity contribution < 1.29 is 13.2 Å². The Morgan fingerprint density at radius 2 is 1.75 bits per heavy atom. The Morgan fingerprint density at radius 3 is 2.25 bits per heavy atom. The van der Waals surface area contributed by atoms with Crippen molar-refractivity contribution in [2.24, 2.45) is 0 Å². The van der Waals surface area contributed by atoms with E-state index in [2.05, 4.69) is 15.5 Å². The Morgan fingerprint density at radius 1 is 1.19 bits per heavy atom. The molecule has 2 unspecified atom stereocenters. The van der Waals surface area contributed by atoms with Crippen LogP contribution in [0, 0.1) is 0 Å². The molecule has 0 radical (unpaired) electrons. The summed E-state index contributed by atoms with van der Waals surface area (Å²) < 4.78 is 37.9. The molecule has 0 fully saturated rings. The zero-order valence-corrected chi connectivity index (χ0v) is 9.20. The minimum absolute atomic E-state index is 0.0617. The molecule has 0 aliphatic rings. The molecule has 0 saturated heterocycles. The Balaban J connectivity index is 2.31. The molecule has 4 nitrogen and oxygen atoms in total. The van der Waals surface area contributed by atoms with Crippen LogP contribution in [-0.2, 0) is 6.54 Å². The second-order valence-corrected chi connectivity index (χ2v) is 3.95. The Labute approximate surface area is 91.9 Å². The highest BCUT2D eigenvalue weighted by atomic mass is 19.4. The molecule has 1 N–H and O–H groups in total. The highest BCUT2D eigenvalue weighted by Crippen LogP contribution is 2.21. The minimum Gasteiger partial charge on any atom is -0.319 e. The second-order valence-electron chi connectivity index (χ2n) is 3.95. The van der Waals surface area contributed by atoms with Crippen LogP contribution in [0.4, 0.5) is 13.2 Å². The van der Waals surface area contributed by atoms with Crippen LogP contribution in [0.15, 0.2) is 12.7 Å². The highest BCUT2D eigenvalue weighted by molar-refractivity contribution is 4.72. The average molecular weight is 236 g/mol. The first kappa shape index (κ1) is 13.0. The quantitative estimate of drug-likeness (QED) is 0.844. The van der Waals surface area contributed by atoms with E-state index in [0.717, 1.165) is 0 Å². The van der Waals surface area contributed by atoms with Gasteiger partial charge in [-0.05, 0) is 13.8 Å². The van der Waals surface area contributed by atoms with Gasteiger partial charge in [0.15, 0.2) is 0 Å². The molecule has 0 aromatic carbocycles. The normalized spacial score (nSPS) is 16.1. The van der Waals surface area contributed by atoms with Crippen molar-refractivity contribution in [3.63, 3.8) is 0 Å². The van der Waals surface area contributed by atoms with Crippen molar-refractivity contribution >= 4 is 0 Å². The summed E-state index contributed by atoms with van der Waals surface area (Å²) in [7, 11) is 0. The Bertz CT molecular complexity index is 296. The minimum atomic E-state index is -4.12. The van der Waals surface area contributed by atoms with Crippen molar-refractivity contribution in [2.75, 3.05) is 0 Å². The molecular formula is C9H15F3N4. The maximum absolute atomic E-state index is 12.1. The first-order valence-electron chi connectivity index (χ1n) is 5.02. The number of nitrogens with one attached hydrogen (secondary N) is 1. The third-order valence-corrected chi connectivity index (χ3v) is 2.06. The highest BCUT2D eigenvalue weighted by Gasteiger charge is 2.30. The van der Waals surface area contributed by atoms with Crippen molar-refractivity contribution in [1.29, 1.82) is 0 Å². The van der Waals surface area contributed by atoms with Crippen molar-refractivity contribution in [1.82, 2.24) is 20.1 Å². The lowest BCUT2D eigenvalue weighted by Gasteiger charge is -2.21. The molecule has 0 bridgehead atoms. The second kappa shape index (κ2) is 5.29. The van der Waals surface area contributed by atoms with Gasteiger partial charge in [0, 0.05) is 18.6 Å². The van der Waals surface area contributed by atoms with Gasteiger partial charge in [0.25, 0.3) is 0 Å². The molecule has 1 heterocycles. The smallest absolute Gasteiger partial charge is 0.319 e. The molecule has 0 saturated carbocycles. The molecule has 0 aliphatic heterocycles. The summed E-state index contributed by atoms with van der Waals surface area (Å²) in [4.78, 5) is 0. The Hall–Kier alpha value is -1.11. The lowest BCUT2D eigenvalue weighted by Crippen LogP contribution is -2.39. The van der Waals surface area contributed by atoms with Crippen LogP contribution < -0.4 is 5.32 Å². The molecule has 0 aliphatic carbocycles. The monoisotopic (exact) mass is 236 g/mol. The molecule has 0 amide bonds. The van der Waals surface area contributed by atoms with Crippen LogP contribution in [0.25, 0.3) is 0 Å². The van der Waals surface area contributed by atoms with Gasteiger partial charge in [-0.15, -0.1) is 10.2 Å². The number of hydrogen-bond acceptors (Lipinski definition) is 3. The van der Waals surface area contributed by atoms with E-state index in [1.54, 1.807) is 4.57 Å². The summed E-state index contributed by atoms with van der Waals surface area (Å²) in [5.74, 6) is 0. The fraction of sp³-hybridized carbons (Fsp3) is 0.778. The van der Waals surface area contributed by atoms with Crippen LogP contribution in [0.1, 0.15) is 20.3 Å². The summed E-state index contributed by atoms with van der Waals surface area (Å²) in [5, 5.41) is 10.1. The van der Waals surface area contributed by atoms with Gasteiger partial charge in [-0.3, -0.25) is 0 Å². The topological polar surface area (TPSA) is 42.7 Å². The zero-order valence-electron chi connectivity index (χ0n) is 9.20. The van der Waals surface area contributed by atoms with Gasteiger partial charge in [0.1, 0.15) is 12.7 Å². The van der Waals surface area contributed by atoms with Crippen LogP contribution in [0.5, 0.6) is 0 Å². The van der Waals surface area contributed by atoms with E-state index in [4.69, 9.17) is 0 Å². The maximum Gasteiger partial charge on any atom is 0.390 e. The predicted molar refractivity (Wildman–Crippen MR) is 52.8 cm³/mol. The van der Waals surface area contributed by atoms with Gasteiger partial charge in [-0.25, -0.2) is 0 Å². The first-order valence-corrected chi connectivity index (χ1v) is 5.02. The van der Waals surface area contributed by atoms with Crippen molar-refractivity contribution in [3.8, 4) is 0 Å². The molecule has 1 rings (SSSR count). The van der Waals surface area contributed by atoms with Crippen LogP contribution >= 0.6 is 0 Å². The maximum atomic E-state index is 12.1. The molecule has 0 spiro atoms. The van der Waals surface area contributed by atoms with Gasteiger partial charge < -0.3 is 9.88 Å². The van der Waals surface area contributed by atoms with E-state index in [1.807, 2.05) is 6.92 Å². The summed E-state index contributed by atoms with van der Waals surface area (Å²) in [6.45, 7) is 3.90. The number of hydrogen-bond donors (Lipinski definition) is 1. The fourth-order valence-electron chi connectivity index (χ4n) is 1.58. The molecule has 16 heavy (non-hydrogen) atoms. The Kier molecular flexibility index (Phi) is 4.28.